The van der Waals surface area contributed by atoms with Crippen molar-refractivity contribution in [2.45, 2.75) is 45.7 Å². The summed E-state index contributed by atoms with van der Waals surface area (Å²) in [5, 5.41) is 0. The summed E-state index contributed by atoms with van der Waals surface area (Å²) in [5.41, 5.74) is 1.21. The summed E-state index contributed by atoms with van der Waals surface area (Å²) in [5.74, 6) is 1.93. The zero-order valence-electron chi connectivity index (χ0n) is 12.9. The van der Waals surface area contributed by atoms with E-state index in [0.717, 1.165) is 31.1 Å². The predicted octanol–water partition coefficient (Wildman–Crippen LogP) is 3.54. The molecule has 3 nitrogen and oxygen atoms in total. The molecule has 0 fully saturated rings. The van der Waals surface area contributed by atoms with Crippen LogP contribution in [0.2, 0.25) is 0 Å². The molecule has 0 bridgehead atoms. The number of hydrogen-bond donors (Lipinski definition) is 0. The summed E-state index contributed by atoms with van der Waals surface area (Å²) in [7, 11) is 1.73. The number of methoxy groups -OCH3 is 1. The van der Waals surface area contributed by atoms with Crippen LogP contribution in [-0.2, 0) is 6.42 Å². The Bertz CT molecular complexity index is 409. The average Bonchev–Trinajstić information content (AvgIpc) is 2.43. The Balaban J connectivity index is 0.00000200. The van der Waals surface area contributed by atoms with Gasteiger partial charge in [0.05, 0.1) is 7.11 Å². The molecule has 114 valence electrons. The summed E-state index contributed by atoms with van der Waals surface area (Å²) in [6, 6.07) is 7.04. The number of hydrogen-bond acceptors (Lipinski definition) is 3. The molecular weight excluding hydrogens is 274 g/mol. The van der Waals surface area contributed by atoms with Crippen molar-refractivity contribution in [1.29, 1.82) is 0 Å². The second kappa shape index (κ2) is 7.75. The maximum atomic E-state index is 5.93. The van der Waals surface area contributed by atoms with Crippen LogP contribution < -0.4 is 9.47 Å². The number of ether oxygens (including phenoxy) is 2. The molecule has 0 N–H and O–H groups in total. The molecule has 0 aliphatic carbocycles. The number of halogens is 1. The molecule has 1 aliphatic rings. The fraction of sp³-hybridized carbons (Fsp3) is 0.625. The van der Waals surface area contributed by atoms with E-state index in [9.17, 15) is 0 Å². The monoisotopic (exact) mass is 299 g/mol. The summed E-state index contributed by atoms with van der Waals surface area (Å²) in [6.45, 7) is 8.64. The zero-order valence-corrected chi connectivity index (χ0v) is 13.7. The lowest BCUT2D eigenvalue weighted by Crippen LogP contribution is -2.47. The molecule has 0 amide bonds. The first-order valence-corrected chi connectivity index (χ1v) is 7.21. The zero-order chi connectivity index (χ0) is 13.8. The molecule has 1 aromatic rings. The van der Waals surface area contributed by atoms with Gasteiger partial charge in [-0.1, -0.05) is 13.0 Å². The van der Waals surface area contributed by atoms with Crippen molar-refractivity contribution in [2.75, 3.05) is 20.3 Å². The second-order valence-corrected chi connectivity index (χ2v) is 5.44. The van der Waals surface area contributed by atoms with Crippen molar-refractivity contribution in [3.63, 3.8) is 0 Å². The lowest BCUT2D eigenvalue weighted by molar-refractivity contribution is 0.0915. The van der Waals surface area contributed by atoms with E-state index in [2.05, 4.69) is 25.7 Å². The van der Waals surface area contributed by atoms with E-state index in [1.807, 2.05) is 18.2 Å². The molecule has 0 saturated heterocycles. The van der Waals surface area contributed by atoms with Gasteiger partial charge in [-0.15, -0.1) is 12.4 Å². The van der Waals surface area contributed by atoms with Crippen LogP contribution in [0.5, 0.6) is 11.5 Å². The van der Waals surface area contributed by atoms with Crippen LogP contribution in [0.1, 0.15) is 32.8 Å². The van der Waals surface area contributed by atoms with Crippen LogP contribution in [0.25, 0.3) is 0 Å². The number of fused-ring (bicyclic) bond motifs is 1. The van der Waals surface area contributed by atoms with Gasteiger partial charge in [-0.25, -0.2) is 0 Å². The molecular formula is C16H26ClNO2. The third kappa shape index (κ3) is 3.58. The first-order valence-electron chi connectivity index (χ1n) is 7.21. The van der Waals surface area contributed by atoms with Gasteiger partial charge in [0.25, 0.3) is 0 Å². The lowest BCUT2D eigenvalue weighted by Gasteiger charge is -2.37. The Labute approximate surface area is 128 Å². The molecule has 1 aromatic carbocycles. The molecule has 1 aliphatic heterocycles. The molecule has 2 rings (SSSR count). The normalized spacial score (nSPS) is 17.4. The number of benzene rings is 1. The van der Waals surface area contributed by atoms with Gasteiger partial charge in [0, 0.05) is 17.6 Å². The highest BCUT2D eigenvalue weighted by Gasteiger charge is 2.28. The summed E-state index contributed by atoms with van der Waals surface area (Å²) in [6.07, 6.45) is 2.19. The van der Waals surface area contributed by atoms with Gasteiger partial charge in [-0.05, 0) is 45.4 Å². The smallest absolute Gasteiger partial charge is 0.126 e. The predicted molar refractivity (Wildman–Crippen MR) is 85.4 cm³/mol. The highest BCUT2D eigenvalue weighted by Crippen LogP contribution is 2.34. The van der Waals surface area contributed by atoms with E-state index in [4.69, 9.17) is 9.47 Å². The van der Waals surface area contributed by atoms with Gasteiger partial charge in [0.1, 0.15) is 18.1 Å². The van der Waals surface area contributed by atoms with E-state index in [0.29, 0.717) is 12.1 Å². The minimum atomic E-state index is 0. The van der Waals surface area contributed by atoms with Gasteiger partial charge in [-0.3, -0.25) is 4.90 Å². The number of rotatable bonds is 5. The van der Waals surface area contributed by atoms with Gasteiger partial charge < -0.3 is 9.47 Å². The Morgan fingerprint density at radius 2 is 2.15 bits per heavy atom. The first kappa shape index (κ1) is 17.1. The van der Waals surface area contributed by atoms with Gasteiger partial charge in [0.15, 0.2) is 0 Å². The fourth-order valence-electron chi connectivity index (χ4n) is 2.89. The number of nitrogens with zero attached hydrogens (tertiary/aromatic N) is 1. The van der Waals surface area contributed by atoms with Gasteiger partial charge >= 0.3 is 0 Å². The summed E-state index contributed by atoms with van der Waals surface area (Å²) in [4.78, 5) is 2.54. The van der Waals surface area contributed by atoms with Crippen molar-refractivity contribution in [2.24, 2.45) is 0 Å². The van der Waals surface area contributed by atoms with Crippen LogP contribution in [0.15, 0.2) is 18.2 Å². The third-order valence-electron chi connectivity index (χ3n) is 3.80. The van der Waals surface area contributed by atoms with Crippen molar-refractivity contribution in [3.05, 3.63) is 23.8 Å². The molecule has 0 unspecified atom stereocenters. The Hall–Kier alpha value is -0.930. The van der Waals surface area contributed by atoms with E-state index in [1.54, 1.807) is 7.11 Å². The van der Waals surface area contributed by atoms with Gasteiger partial charge in [-0.2, -0.15) is 0 Å². The van der Waals surface area contributed by atoms with Crippen molar-refractivity contribution in [1.82, 2.24) is 4.90 Å². The van der Waals surface area contributed by atoms with Crippen molar-refractivity contribution in [3.8, 4) is 11.5 Å². The lowest BCUT2D eigenvalue weighted by atomic mass is 9.99. The second-order valence-electron chi connectivity index (χ2n) is 5.44. The van der Waals surface area contributed by atoms with Crippen LogP contribution in [-0.4, -0.2) is 37.2 Å². The maximum Gasteiger partial charge on any atom is 0.126 e. The molecule has 20 heavy (non-hydrogen) atoms. The van der Waals surface area contributed by atoms with E-state index in [-0.39, 0.29) is 12.4 Å². The van der Waals surface area contributed by atoms with Crippen LogP contribution in [0.3, 0.4) is 0 Å². The Morgan fingerprint density at radius 1 is 1.40 bits per heavy atom. The maximum absolute atomic E-state index is 5.93. The summed E-state index contributed by atoms with van der Waals surface area (Å²) < 4.78 is 11.4. The average molecular weight is 300 g/mol. The molecule has 0 spiro atoms. The highest BCUT2D eigenvalue weighted by atomic mass is 35.5. The van der Waals surface area contributed by atoms with E-state index in [1.165, 1.54) is 12.0 Å². The topological polar surface area (TPSA) is 21.7 Å². The van der Waals surface area contributed by atoms with Gasteiger partial charge in [0.2, 0.25) is 0 Å². The molecule has 0 radical (unpaired) electrons. The van der Waals surface area contributed by atoms with Crippen LogP contribution >= 0.6 is 12.4 Å². The standard InChI is InChI=1S/C16H25NO2.ClH/c1-5-9-17(12(2)3)13-10-14-15(18-4)7-6-8-16(14)19-11-13;/h6-8,12-13H,5,9-11H2,1-4H3;1H/t13-;/m1./s1. The molecule has 4 heteroatoms. The highest BCUT2D eigenvalue weighted by molar-refractivity contribution is 5.85. The van der Waals surface area contributed by atoms with Crippen LogP contribution in [0.4, 0.5) is 0 Å². The quantitative estimate of drug-likeness (QED) is 0.830. The molecule has 0 saturated carbocycles. The van der Waals surface area contributed by atoms with Crippen LogP contribution in [0, 0.1) is 0 Å². The molecule has 1 heterocycles. The SMILES string of the molecule is CCCN(C(C)C)[C@H]1COc2cccc(OC)c2C1.Cl. The van der Waals surface area contributed by atoms with Crippen molar-refractivity contribution >= 4 is 12.4 Å². The van der Waals surface area contributed by atoms with Crippen molar-refractivity contribution < 1.29 is 9.47 Å². The minimum Gasteiger partial charge on any atom is -0.496 e. The largest absolute Gasteiger partial charge is 0.496 e. The molecule has 1 atom stereocenters. The van der Waals surface area contributed by atoms with E-state index < -0.39 is 0 Å². The fourth-order valence-corrected chi connectivity index (χ4v) is 2.89. The Kier molecular flexibility index (Phi) is 6.63. The first-order chi connectivity index (χ1) is 9.17. The Morgan fingerprint density at radius 3 is 2.75 bits per heavy atom. The molecule has 0 aromatic heterocycles. The van der Waals surface area contributed by atoms with E-state index >= 15 is 0 Å². The third-order valence-corrected chi connectivity index (χ3v) is 3.80. The summed E-state index contributed by atoms with van der Waals surface area (Å²) >= 11 is 0. The minimum absolute atomic E-state index is 0.